The molecule has 0 aromatic carbocycles. The number of aliphatic hydroxyl groups is 7. The molecule has 14 heteroatoms. The first kappa shape index (κ1) is 61.8. The number of phosphoric ester groups is 1. The second-order valence-corrected chi connectivity index (χ2v) is 20.3. The summed E-state index contributed by atoms with van der Waals surface area (Å²) in [6.45, 7) is 3.76. The number of phosphoric acid groups is 1. The number of hydrogen-bond donors (Lipinski definition) is 9. The largest absolute Gasteiger partial charge is 0.472 e. The maximum atomic E-state index is 13.0. The summed E-state index contributed by atoms with van der Waals surface area (Å²) >= 11 is 0. The fourth-order valence-corrected chi connectivity index (χ4v) is 9.44. The summed E-state index contributed by atoms with van der Waals surface area (Å²) in [6, 6.07) is -1.24. The Morgan fingerprint density at radius 1 is 0.538 bits per heavy atom. The molecule has 0 aromatic heterocycles. The van der Waals surface area contributed by atoms with Crippen LogP contribution in [0.5, 0.6) is 0 Å². The van der Waals surface area contributed by atoms with Gasteiger partial charge in [0, 0.05) is 0 Å². The van der Waals surface area contributed by atoms with Crippen LogP contribution in [0.1, 0.15) is 232 Å². The molecule has 1 saturated carbocycles. The highest BCUT2D eigenvalue weighted by atomic mass is 31.2. The van der Waals surface area contributed by atoms with Crippen molar-refractivity contribution in [2.45, 2.75) is 287 Å². The minimum Gasteiger partial charge on any atom is -0.393 e. The fraction of sp³-hybridized carbons (Fsp3) is 0.902. The van der Waals surface area contributed by atoms with E-state index in [1.807, 2.05) is 0 Å². The standard InChI is InChI=1S/C51H98NO12P/c1-3-5-7-9-11-13-15-17-19-20-21-22-23-24-25-26-28-30-32-34-36-38-42(53)40-45(55)52-43(41-63-65(61,62)64-51-49(59)47(57)46(56)48(58)50(51)60)44(54)39-37-35-33-31-29-27-18-16-14-12-10-8-6-4-2/h24-25,37,39,42-44,46-51,53-54,56-60H,3-23,26-36,38,40-41H2,1-2H3,(H,52,55)(H,61,62)/b25-24-,39-37+. The van der Waals surface area contributed by atoms with E-state index < -0.39 is 75.2 Å². The van der Waals surface area contributed by atoms with Crippen LogP contribution in [-0.2, 0) is 18.4 Å². The average Bonchev–Trinajstić information content (AvgIpc) is 3.28. The second kappa shape index (κ2) is 40.6. The van der Waals surface area contributed by atoms with Gasteiger partial charge in [-0.1, -0.05) is 205 Å². The first-order chi connectivity index (χ1) is 31.3. The van der Waals surface area contributed by atoms with Crippen LogP contribution in [0.2, 0.25) is 0 Å². The van der Waals surface area contributed by atoms with Crippen molar-refractivity contribution >= 4 is 13.7 Å². The van der Waals surface area contributed by atoms with Crippen LogP contribution in [-0.4, -0.2) is 108 Å². The van der Waals surface area contributed by atoms with Crippen molar-refractivity contribution in [2.24, 2.45) is 0 Å². The third-order valence-corrected chi connectivity index (χ3v) is 13.8. The number of nitrogens with one attached hydrogen (secondary N) is 1. The lowest BCUT2D eigenvalue weighted by Gasteiger charge is -2.41. The molecule has 65 heavy (non-hydrogen) atoms. The molecule has 0 saturated heterocycles. The molecule has 0 aliphatic heterocycles. The molecule has 0 bridgehead atoms. The van der Waals surface area contributed by atoms with Gasteiger partial charge in [0.05, 0.1) is 31.3 Å². The molecule has 1 fully saturated rings. The van der Waals surface area contributed by atoms with Crippen molar-refractivity contribution < 1.29 is 59.0 Å². The van der Waals surface area contributed by atoms with Crippen molar-refractivity contribution in [3.05, 3.63) is 24.3 Å². The van der Waals surface area contributed by atoms with Crippen molar-refractivity contribution in [2.75, 3.05) is 6.61 Å². The maximum absolute atomic E-state index is 13.0. The van der Waals surface area contributed by atoms with Gasteiger partial charge in [0.2, 0.25) is 5.91 Å². The van der Waals surface area contributed by atoms with Crippen molar-refractivity contribution in [3.8, 4) is 0 Å². The number of hydrogen-bond acceptors (Lipinski definition) is 11. The van der Waals surface area contributed by atoms with Crippen LogP contribution in [0.25, 0.3) is 0 Å². The van der Waals surface area contributed by atoms with E-state index >= 15 is 0 Å². The van der Waals surface area contributed by atoms with Crippen LogP contribution < -0.4 is 5.32 Å². The zero-order valence-corrected chi connectivity index (χ0v) is 41.8. The first-order valence-electron chi connectivity index (χ1n) is 26.4. The van der Waals surface area contributed by atoms with E-state index in [9.17, 15) is 50.0 Å². The molecule has 1 aliphatic carbocycles. The molecule has 0 radical (unpaired) electrons. The van der Waals surface area contributed by atoms with E-state index in [4.69, 9.17) is 9.05 Å². The summed E-state index contributed by atoms with van der Waals surface area (Å²) in [5, 5.41) is 74.6. The smallest absolute Gasteiger partial charge is 0.393 e. The molecule has 13 nitrogen and oxygen atoms in total. The van der Waals surface area contributed by atoms with E-state index in [1.54, 1.807) is 6.08 Å². The Morgan fingerprint density at radius 3 is 1.31 bits per heavy atom. The number of aliphatic hydroxyl groups excluding tert-OH is 7. The molecular weight excluding hydrogens is 850 g/mol. The van der Waals surface area contributed by atoms with Gasteiger partial charge >= 0.3 is 7.82 Å². The van der Waals surface area contributed by atoms with Gasteiger partial charge in [0.1, 0.15) is 36.6 Å². The molecular formula is C51H98NO12P. The zero-order chi connectivity index (χ0) is 48.0. The predicted octanol–water partition coefficient (Wildman–Crippen LogP) is 9.93. The quantitative estimate of drug-likeness (QED) is 0.0158. The molecule has 384 valence electrons. The average molecular weight is 948 g/mol. The lowest BCUT2D eigenvalue weighted by molar-refractivity contribution is -0.220. The Hall–Kier alpha value is -1.22. The summed E-state index contributed by atoms with van der Waals surface area (Å²) < 4.78 is 22.9. The zero-order valence-electron chi connectivity index (χ0n) is 40.9. The third kappa shape index (κ3) is 32.3. The number of unbranched alkanes of at least 4 members (excludes halogenated alkanes) is 29. The Bertz CT molecular complexity index is 1210. The topological polar surface area (TPSA) is 226 Å². The van der Waals surface area contributed by atoms with Gasteiger partial charge in [-0.05, 0) is 44.9 Å². The highest BCUT2D eigenvalue weighted by molar-refractivity contribution is 7.47. The van der Waals surface area contributed by atoms with Crippen LogP contribution in [0, 0.1) is 0 Å². The van der Waals surface area contributed by atoms with E-state index in [-0.39, 0.29) is 6.42 Å². The molecule has 0 spiro atoms. The first-order valence-corrected chi connectivity index (χ1v) is 27.9. The Kier molecular flexibility index (Phi) is 38.6. The summed E-state index contributed by atoms with van der Waals surface area (Å²) in [4.78, 5) is 23.5. The van der Waals surface area contributed by atoms with Crippen LogP contribution in [0.15, 0.2) is 24.3 Å². The van der Waals surface area contributed by atoms with Gasteiger partial charge in [-0.3, -0.25) is 13.8 Å². The highest BCUT2D eigenvalue weighted by Crippen LogP contribution is 2.47. The van der Waals surface area contributed by atoms with Gasteiger partial charge in [0.25, 0.3) is 0 Å². The van der Waals surface area contributed by atoms with E-state index in [1.165, 1.54) is 141 Å². The van der Waals surface area contributed by atoms with Crippen LogP contribution in [0.4, 0.5) is 0 Å². The lowest BCUT2D eigenvalue weighted by Crippen LogP contribution is -2.64. The molecule has 1 aliphatic rings. The number of carbonyl (C=O) groups excluding carboxylic acids is 1. The summed E-state index contributed by atoms with van der Waals surface area (Å²) in [5.74, 6) is -0.596. The lowest BCUT2D eigenvalue weighted by atomic mass is 9.85. The molecule has 0 aromatic rings. The molecule has 9 N–H and O–H groups in total. The third-order valence-electron chi connectivity index (χ3n) is 12.8. The van der Waals surface area contributed by atoms with E-state index in [2.05, 4.69) is 31.3 Å². The second-order valence-electron chi connectivity index (χ2n) is 18.9. The minimum atomic E-state index is -5.14. The number of amides is 1. The van der Waals surface area contributed by atoms with Gasteiger partial charge in [0.15, 0.2) is 0 Å². The molecule has 1 rings (SSSR count). The minimum absolute atomic E-state index is 0.248. The Balaban J connectivity index is 2.44. The molecule has 0 heterocycles. The number of allylic oxidation sites excluding steroid dienone is 3. The fourth-order valence-electron chi connectivity index (χ4n) is 8.47. The van der Waals surface area contributed by atoms with Crippen molar-refractivity contribution in [1.29, 1.82) is 0 Å². The van der Waals surface area contributed by atoms with Gasteiger partial charge in [-0.2, -0.15) is 0 Å². The summed E-state index contributed by atoms with van der Waals surface area (Å²) in [7, 11) is -5.14. The summed E-state index contributed by atoms with van der Waals surface area (Å²) in [6.07, 6.45) is 32.6. The number of carbonyl (C=O) groups is 1. The summed E-state index contributed by atoms with van der Waals surface area (Å²) in [5.41, 5.74) is 0. The van der Waals surface area contributed by atoms with Crippen molar-refractivity contribution in [3.63, 3.8) is 0 Å². The number of rotatable bonds is 44. The maximum Gasteiger partial charge on any atom is 0.472 e. The molecule has 1 amide bonds. The SMILES string of the molecule is CCCCCCCCCCCCCC/C=C\CCCCCCCC(O)CC(=O)NC(COP(=O)(O)OC1C(O)C(O)C(O)C(O)C1O)C(O)/C=C/CCCCCCCCCCCCCC. The van der Waals surface area contributed by atoms with Gasteiger partial charge in [-0.15, -0.1) is 0 Å². The van der Waals surface area contributed by atoms with Gasteiger partial charge < -0.3 is 46.0 Å². The highest BCUT2D eigenvalue weighted by Gasteiger charge is 2.51. The van der Waals surface area contributed by atoms with E-state index in [0.29, 0.717) is 12.8 Å². The molecule has 8 atom stereocenters. The normalized spacial score (nSPS) is 22.7. The van der Waals surface area contributed by atoms with Crippen molar-refractivity contribution in [1.82, 2.24) is 5.32 Å². The Morgan fingerprint density at radius 2 is 0.892 bits per heavy atom. The van der Waals surface area contributed by atoms with Gasteiger partial charge in [-0.25, -0.2) is 4.57 Å². The van der Waals surface area contributed by atoms with Crippen LogP contribution >= 0.6 is 7.82 Å². The monoisotopic (exact) mass is 948 g/mol. The predicted molar refractivity (Wildman–Crippen MR) is 261 cm³/mol. The van der Waals surface area contributed by atoms with Crippen LogP contribution in [0.3, 0.4) is 0 Å². The molecule has 8 unspecified atom stereocenters. The van der Waals surface area contributed by atoms with E-state index in [0.717, 1.165) is 64.2 Å². The Labute approximate surface area is 394 Å².